The molecule has 0 bridgehead atoms. The lowest BCUT2D eigenvalue weighted by atomic mass is 10.2. The molecule has 0 saturated heterocycles. The van der Waals surface area contributed by atoms with Gasteiger partial charge in [-0.05, 0) is 61.3 Å². The fourth-order valence-corrected chi connectivity index (χ4v) is 4.93. The van der Waals surface area contributed by atoms with Crippen LogP contribution >= 0.6 is 23.1 Å². The summed E-state index contributed by atoms with van der Waals surface area (Å²) < 4.78 is 27.8. The van der Waals surface area contributed by atoms with E-state index in [1.54, 1.807) is 23.5 Å². The van der Waals surface area contributed by atoms with Crippen molar-refractivity contribution in [3.8, 4) is 0 Å². The van der Waals surface area contributed by atoms with Gasteiger partial charge in [0.25, 0.3) is 10.1 Å². The first-order chi connectivity index (χ1) is 13.3. The van der Waals surface area contributed by atoms with Crippen LogP contribution in [0.2, 0.25) is 0 Å². The minimum absolute atomic E-state index is 0.190. The van der Waals surface area contributed by atoms with Gasteiger partial charge in [-0.2, -0.15) is 8.42 Å². The van der Waals surface area contributed by atoms with Crippen molar-refractivity contribution in [3.63, 3.8) is 0 Å². The average Bonchev–Trinajstić information content (AvgIpc) is 3.14. The molecular weight excluding hydrogens is 410 g/mol. The molecule has 7 heteroatoms. The number of benzene rings is 2. The predicted molar refractivity (Wildman–Crippen MR) is 121 cm³/mol. The Hall–Kier alpha value is -1.67. The Kier molecular flexibility index (Phi) is 8.24. The van der Waals surface area contributed by atoms with Gasteiger partial charge in [-0.25, -0.2) is 4.98 Å². The number of allylic oxidation sites excluding steroid dienone is 2. The standard InChI is InChI=1S/C13H15NS2.C8H10O3S/c1-4-11(15-3)9(2)13-14-10-7-5-6-8-12(10)16-13;1-7-3-5-8(6-4-7)12(9,10)11-2/h5-8H,4H2,1-3H3;3-6H,1-2H3. The van der Waals surface area contributed by atoms with Crippen molar-refractivity contribution < 1.29 is 12.6 Å². The van der Waals surface area contributed by atoms with E-state index in [-0.39, 0.29) is 4.90 Å². The third-order valence-electron chi connectivity index (χ3n) is 4.13. The van der Waals surface area contributed by atoms with E-state index in [2.05, 4.69) is 47.5 Å². The van der Waals surface area contributed by atoms with Gasteiger partial charge in [-0.15, -0.1) is 23.1 Å². The predicted octanol–water partition coefficient (Wildman–Crippen LogP) is 6.13. The van der Waals surface area contributed by atoms with Gasteiger partial charge in [-0.3, -0.25) is 4.18 Å². The van der Waals surface area contributed by atoms with Gasteiger partial charge in [-0.1, -0.05) is 36.8 Å². The minimum Gasteiger partial charge on any atom is -0.270 e. The van der Waals surface area contributed by atoms with Crippen LogP contribution in [0.15, 0.2) is 58.3 Å². The molecule has 0 fully saturated rings. The van der Waals surface area contributed by atoms with Crippen LogP contribution in [0.3, 0.4) is 0 Å². The van der Waals surface area contributed by atoms with Gasteiger partial charge in [0.05, 0.1) is 22.2 Å². The molecule has 0 atom stereocenters. The van der Waals surface area contributed by atoms with Crippen molar-refractivity contribution in [1.82, 2.24) is 4.98 Å². The number of aryl methyl sites for hydroxylation is 1. The molecule has 1 aromatic heterocycles. The van der Waals surface area contributed by atoms with Crippen LogP contribution in [0.25, 0.3) is 15.8 Å². The molecule has 150 valence electrons. The van der Waals surface area contributed by atoms with Crippen LogP contribution in [-0.4, -0.2) is 26.8 Å². The van der Waals surface area contributed by atoms with Crippen molar-refractivity contribution in [2.24, 2.45) is 0 Å². The highest BCUT2D eigenvalue weighted by molar-refractivity contribution is 8.02. The summed E-state index contributed by atoms with van der Waals surface area (Å²) in [6.07, 6.45) is 3.22. The lowest BCUT2D eigenvalue weighted by Gasteiger charge is -2.03. The van der Waals surface area contributed by atoms with Gasteiger partial charge in [0.1, 0.15) is 5.01 Å². The largest absolute Gasteiger partial charge is 0.296 e. The molecule has 0 N–H and O–H groups in total. The van der Waals surface area contributed by atoms with E-state index < -0.39 is 10.1 Å². The second kappa shape index (κ2) is 10.2. The van der Waals surface area contributed by atoms with Crippen LogP contribution in [0.5, 0.6) is 0 Å². The molecular formula is C21H25NO3S3. The Morgan fingerprint density at radius 1 is 1.14 bits per heavy atom. The molecule has 0 unspecified atom stereocenters. The van der Waals surface area contributed by atoms with E-state index in [4.69, 9.17) is 0 Å². The Morgan fingerprint density at radius 3 is 2.32 bits per heavy atom. The first kappa shape index (κ1) is 22.6. The summed E-state index contributed by atoms with van der Waals surface area (Å²) in [5.74, 6) is 0. The molecule has 0 spiro atoms. The number of nitrogens with zero attached hydrogens (tertiary/aromatic N) is 1. The topological polar surface area (TPSA) is 56.3 Å². The Morgan fingerprint density at radius 2 is 1.79 bits per heavy atom. The van der Waals surface area contributed by atoms with Crippen LogP contribution in [0, 0.1) is 6.92 Å². The number of fused-ring (bicyclic) bond motifs is 1. The smallest absolute Gasteiger partial charge is 0.270 e. The minimum atomic E-state index is -3.51. The van der Waals surface area contributed by atoms with E-state index in [1.807, 2.05) is 24.8 Å². The van der Waals surface area contributed by atoms with Gasteiger partial charge < -0.3 is 0 Å². The van der Waals surface area contributed by atoms with Crippen molar-refractivity contribution in [3.05, 3.63) is 64.0 Å². The summed E-state index contributed by atoms with van der Waals surface area (Å²) in [6.45, 7) is 6.26. The number of hydrogen-bond acceptors (Lipinski definition) is 6. The number of rotatable bonds is 5. The van der Waals surface area contributed by atoms with Gasteiger partial charge in [0.15, 0.2) is 0 Å². The fourth-order valence-electron chi connectivity index (χ4n) is 2.52. The fraction of sp³-hybridized carbons (Fsp3) is 0.286. The SMILES string of the molecule is CCC(SC)=C(C)c1nc2ccccc2s1.COS(=O)(=O)c1ccc(C)cc1. The maximum Gasteiger partial charge on any atom is 0.296 e. The van der Waals surface area contributed by atoms with Crippen molar-refractivity contribution in [2.75, 3.05) is 13.4 Å². The van der Waals surface area contributed by atoms with E-state index in [1.165, 1.54) is 27.3 Å². The quantitative estimate of drug-likeness (QED) is 0.451. The molecule has 0 aliphatic rings. The van der Waals surface area contributed by atoms with Crippen LogP contribution in [0.1, 0.15) is 30.8 Å². The van der Waals surface area contributed by atoms with Crippen LogP contribution in [0.4, 0.5) is 0 Å². The molecule has 0 radical (unpaired) electrons. The molecule has 2 aromatic carbocycles. The van der Waals surface area contributed by atoms with Crippen molar-refractivity contribution in [2.45, 2.75) is 32.1 Å². The molecule has 1 heterocycles. The summed E-state index contributed by atoms with van der Waals surface area (Å²) in [5.41, 5.74) is 3.46. The maximum absolute atomic E-state index is 11.1. The Labute approximate surface area is 175 Å². The Balaban J connectivity index is 0.000000209. The second-order valence-electron chi connectivity index (χ2n) is 6.03. The van der Waals surface area contributed by atoms with E-state index >= 15 is 0 Å². The highest BCUT2D eigenvalue weighted by Crippen LogP contribution is 2.32. The third kappa shape index (κ3) is 5.67. The molecule has 4 nitrogen and oxygen atoms in total. The zero-order chi connectivity index (χ0) is 20.7. The molecule has 0 aliphatic heterocycles. The highest BCUT2D eigenvalue weighted by Gasteiger charge is 2.11. The summed E-state index contributed by atoms with van der Waals surface area (Å²) in [6, 6.07) is 14.8. The number of thiazole rings is 1. The van der Waals surface area contributed by atoms with Crippen molar-refractivity contribution >= 4 is 49.0 Å². The Bertz CT molecular complexity index is 1010. The molecule has 28 heavy (non-hydrogen) atoms. The van der Waals surface area contributed by atoms with E-state index in [9.17, 15) is 8.42 Å². The van der Waals surface area contributed by atoms with Gasteiger partial charge >= 0.3 is 0 Å². The summed E-state index contributed by atoms with van der Waals surface area (Å²) in [5, 5.41) is 1.16. The summed E-state index contributed by atoms with van der Waals surface area (Å²) in [7, 11) is -2.37. The maximum atomic E-state index is 11.1. The summed E-state index contributed by atoms with van der Waals surface area (Å²) >= 11 is 3.61. The molecule has 0 saturated carbocycles. The van der Waals surface area contributed by atoms with E-state index in [0.717, 1.165) is 29.6 Å². The van der Waals surface area contributed by atoms with Crippen molar-refractivity contribution in [1.29, 1.82) is 0 Å². The normalized spacial score (nSPS) is 12.3. The van der Waals surface area contributed by atoms with E-state index in [0.29, 0.717) is 0 Å². The van der Waals surface area contributed by atoms with Gasteiger partial charge in [0.2, 0.25) is 0 Å². The molecule has 3 aromatic rings. The monoisotopic (exact) mass is 435 g/mol. The third-order valence-corrected chi connectivity index (χ3v) is 7.66. The van der Waals surface area contributed by atoms with Crippen LogP contribution < -0.4 is 0 Å². The number of aromatic nitrogens is 1. The second-order valence-corrected chi connectivity index (χ2v) is 9.67. The average molecular weight is 436 g/mol. The number of hydrogen-bond donors (Lipinski definition) is 0. The highest BCUT2D eigenvalue weighted by atomic mass is 32.2. The van der Waals surface area contributed by atoms with Crippen LogP contribution in [-0.2, 0) is 14.3 Å². The first-order valence-electron chi connectivity index (χ1n) is 8.79. The lowest BCUT2D eigenvalue weighted by Crippen LogP contribution is -2.02. The molecule has 0 amide bonds. The summed E-state index contributed by atoms with van der Waals surface area (Å²) in [4.78, 5) is 6.30. The lowest BCUT2D eigenvalue weighted by molar-refractivity contribution is 0.398. The van der Waals surface area contributed by atoms with Gasteiger partial charge in [0, 0.05) is 0 Å². The molecule has 3 rings (SSSR count). The first-order valence-corrected chi connectivity index (χ1v) is 12.2. The number of thioether (sulfide) groups is 1. The molecule has 0 aliphatic carbocycles. The zero-order valence-electron chi connectivity index (χ0n) is 16.7. The zero-order valence-corrected chi connectivity index (χ0v) is 19.2. The number of para-hydroxylation sites is 1.